The Morgan fingerprint density at radius 3 is 1.58 bits per heavy atom. The minimum absolute atomic E-state index is 0.463. The van der Waals surface area contributed by atoms with Gasteiger partial charge in [-0.3, -0.25) is 0 Å². The van der Waals surface area contributed by atoms with Crippen molar-refractivity contribution < 1.29 is 18.9 Å². The summed E-state index contributed by atoms with van der Waals surface area (Å²) in [6, 6.07) is 12.7. The van der Waals surface area contributed by atoms with Crippen LogP contribution in [-0.4, -0.2) is 60.4 Å². The molecule has 33 heavy (non-hydrogen) atoms. The molecule has 2 aromatic rings. The van der Waals surface area contributed by atoms with Crippen molar-refractivity contribution in [1.82, 2.24) is 0 Å². The highest BCUT2D eigenvalue weighted by Crippen LogP contribution is 2.42. The van der Waals surface area contributed by atoms with E-state index in [0.29, 0.717) is 38.3 Å². The molecule has 6 nitrogen and oxygen atoms in total. The summed E-state index contributed by atoms with van der Waals surface area (Å²) in [6.45, 7) is 13.8. The van der Waals surface area contributed by atoms with E-state index < -0.39 is 0 Å². The van der Waals surface area contributed by atoms with Crippen LogP contribution in [0.2, 0.25) is 0 Å². The molecule has 0 bridgehead atoms. The Morgan fingerprint density at radius 2 is 1.12 bits per heavy atom. The highest BCUT2D eigenvalue weighted by molar-refractivity contribution is 5.71. The molecule has 0 saturated carbocycles. The van der Waals surface area contributed by atoms with Gasteiger partial charge >= 0.3 is 0 Å². The zero-order chi connectivity index (χ0) is 23.8. The topological polar surface area (TPSA) is 43.4 Å². The predicted octanol–water partition coefficient (Wildman–Crippen LogP) is 5.27. The summed E-state index contributed by atoms with van der Waals surface area (Å²) in [4.78, 5) is 4.88. The van der Waals surface area contributed by atoms with Gasteiger partial charge < -0.3 is 28.7 Å². The molecule has 1 fully saturated rings. The summed E-state index contributed by atoms with van der Waals surface area (Å²) in [7, 11) is 3.37. The van der Waals surface area contributed by atoms with Crippen LogP contribution in [0.25, 0.3) is 0 Å². The fourth-order valence-electron chi connectivity index (χ4n) is 4.35. The van der Waals surface area contributed by atoms with Gasteiger partial charge in [0.05, 0.1) is 19.9 Å². The Hall–Kier alpha value is -2.44. The van der Waals surface area contributed by atoms with Gasteiger partial charge in [0, 0.05) is 33.0 Å². The summed E-state index contributed by atoms with van der Waals surface area (Å²) in [5.74, 6) is 2.57. The van der Waals surface area contributed by atoms with Crippen molar-refractivity contribution >= 4 is 11.4 Å². The van der Waals surface area contributed by atoms with E-state index >= 15 is 0 Å². The summed E-state index contributed by atoms with van der Waals surface area (Å²) in [6.07, 6.45) is 0. The molecule has 0 atom stereocenters. The van der Waals surface area contributed by atoms with Gasteiger partial charge in [-0.25, -0.2) is 0 Å². The van der Waals surface area contributed by atoms with E-state index in [1.807, 2.05) is 18.2 Å². The van der Waals surface area contributed by atoms with E-state index in [9.17, 15) is 0 Å². The van der Waals surface area contributed by atoms with Crippen molar-refractivity contribution in [2.24, 2.45) is 0 Å². The van der Waals surface area contributed by atoms with Crippen LogP contribution >= 0.6 is 0 Å². The maximum Gasteiger partial charge on any atom is 0.146 e. The number of ether oxygens (including phenoxy) is 4. The van der Waals surface area contributed by atoms with Crippen molar-refractivity contribution in [3.8, 4) is 11.5 Å². The fraction of sp³-hybridized carbons (Fsp3) is 0.556. The average molecular weight is 457 g/mol. The van der Waals surface area contributed by atoms with Gasteiger partial charge in [-0.1, -0.05) is 52.0 Å². The summed E-state index contributed by atoms with van der Waals surface area (Å²) in [5, 5.41) is 0. The number of anilines is 2. The molecule has 1 aliphatic rings. The van der Waals surface area contributed by atoms with Gasteiger partial charge in [-0.15, -0.1) is 0 Å². The number of hydrogen-bond acceptors (Lipinski definition) is 6. The van der Waals surface area contributed by atoms with Crippen LogP contribution in [-0.2, 0) is 9.47 Å². The predicted molar refractivity (Wildman–Crippen MR) is 135 cm³/mol. The SMILES string of the molecule is COCCOc1cccc(OCCOC)c1N1CCN(c2c(C(C)C)cccc2C(C)C)C1. The van der Waals surface area contributed by atoms with E-state index in [2.05, 4.69) is 55.7 Å². The molecule has 6 heteroatoms. The average Bonchev–Trinajstić information content (AvgIpc) is 3.28. The molecule has 0 amide bonds. The Labute approximate surface area is 199 Å². The zero-order valence-corrected chi connectivity index (χ0v) is 21.1. The maximum atomic E-state index is 6.11. The first kappa shape index (κ1) is 25.2. The number of hydrogen-bond donors (Lipinski definition) is 0. The first-order chi connectivity index (χ1) is 16.0. The molecule has 1 aliphatic heterocycles. The van der Waals surface area contributed by atoms with Crippen LogP contribution < -0.4 is 19.3 Å². The molecule has 0 aliphatic carbocycles. The van der Waals surface area contributed by atoms with Crippen molar-refractivity contribution in [3.63, 3.8) is 0 Å². The molecule has 0 N–H and O–H groups in total. The van der Waals surface area contributed by atoms with E-state index in [4.69, 9.17) is 18.9 Å². The summed E-state index contributed by atoms with van der Waals surface area (Å²) < 4.78 is 22.6. The molecular weight excluding hydrogens is 416 g/mol. The Kier molecular flexibility index (Phi) is 9.27. The second kappa shape index (κ2) is 12.1. The first-order valence-corrected chi connectivity index (χ1v) is 12.0. The van der Waals surface area contributed by atoms with E-state index in [1.165, 1.54) is 16.8 Å². The van der Waals surface area contributed by atoms with Crippen molar-refractivity contribution in [2.45, 2.75) is 39.5 Å². The van der Waals surface area contributed by atoms with Crippen LogP contribution in [0.5, 0.6) is 11.5 Å². The molecule has 1 heterocycles. The molecule has 0 spiro atoms. The van der Waals surface area contributed by atoms with Crippen LogP contribution in [0.15, 0.2) is 36.4 Å². The standard InChI is InChI=1S/C27H40N2O4/c1-20(2)22-9-7-10-23(21(3)4)26(22)28-13-14-29(19-28)27-24(32-17-15-30-5)11-8-12-25(27)33-18-16-31-6/h7-12,20-21H,13-19H2,1-6H3. The second-order valence-corrected chi connectivity index (χ2v) is 9.05. The number of para-hydroxylation sites is 2. The van der Waals surface area contributed by atoms with E-state index in [1.54, 1.807) is 14.2 Å². The highest BCUT2D eigenvalue weighted by atomic mass is 16.5. The number of nitrogens with zero attached hydrogens (tertiary/aromatic N) is 2. The molecule has 0 radical (unpaired) electrons. The van der Waals surface area contributed by atoms with Crippen molar-refractivity contribution in [2.75, 3.05) is 70.2 Å². The number of benzene rings is 2. The third-order valence-corrected chi connectivity index (χ3v) is 6.01. The van der Waals surface area contributed by atoms with Gasteiger partial charge in [-0.05, 0) is 35.1 Å². The summed E-state index contributed by atoms with van der Waals surface area (Å²) in [5.41, 5.74) is 5.19. The van der Waals surface area contributed by atoms with Gasteiger partial charge in [0.15, 0.2) is 0 Å². The van der Waals surface area contributed by atoms with Gasteiger partial charge in [0.1, 0.15) is 30.4 Å². The van der Waals surface area contributed by atoms with Crippen molar-refractivity contribution in [1.29, 1.82) is 0 Å². The van der Waals surface area contributed by atoms with Crippen LogP contribution in [0, 0.1) is 0 Å². The quantitative estimate of drug-likeness (QED) is 0.406. The van der Waals surface area contributed by atoms with Gasteiger partial charge in [0.2, 0.25) is 0 Å². The smallest absolute Gasteiger partial charge is 0.146 e. The zero-order valence-electron chi connectivity index (χ0n) is 21.1. The van der Waals surface area contributed by atoms with E-state index in [0.717, 1.165) is 36.9 Å². The molecule has 182 valence electrons. The maximum absolute atomic E-state index is 6.11. The monoisotopic (exact) mass is 456 g/mol. The fourth-order valence-corrected chi connectivity index (χ4v) is 4.35. The lowest BCUT2D eigenvalue weighted by Crippen LogP contribution is -2.28. The first-order valence-electron chi connectivity index (χ1n) is 12.0. The highest BCUT2D eigenvalue weighted by Gasteiger charge is 2.29. The van der Waals surface area contributed by atoms with Crippen molar-refractivity contribution in [3.05, 3.63) is 47.5 Å². The molecule has 1 saturated heterocycles. The molecule has 0 aromatic heterocycles. The van der Waals surface area contributed by atoms with Crippen LogP contribution in [0.3, 0.4) is 0 Å². The lowest BCUT2D eigenvalue weighted by Gasteiger charge is -2.29. The largest absolute Gasteiger partial charge is 0.489 e. The Morgan fingerprint density at radius 1 is 0.667 bits per heavy atom. The summed E-state index contributed by atoms with van der Waals surface area (Å²) >= 11 is 0. The number of methoxy groups -OCH3 is 2. The van der Waals surface area contributed by atoms with Crippen LogP contribution in [0.4, 0.5) is 11.4 Å². The van der Waals surface area contributed by atoms with Crippen LogP contribution in [0.1, 0.15) is 50.7 Å². The lowest BCUT2D eigenvalue weighted by molar-refractivity contribution is 0.143. The van der Waals surface area contributed by atoms with Gasteiger partial charge in [0.25, 0.3) is 0 Å². The minimum Gasteiger partial charge on any atom is -0.489 e. The Balaban J connectivity index is 1.93. The molecule has 0 unspecified atom stereocenters. The third-order valence-electron chi connectivity index (χ3n) is 6.01. The third kappa shape index (κ3) is 6.12. The lowest BCUT2D eigenvalue weighted by atomic mass is 9.92. The van der Waals surface area contributed by atoms with Gasteiger partial charge in [-0.2, -0.15) is 0 Å². The molecular formula is C27H40N2O4. The van der Waals surface area contributed by atoms with E-state index in [-0.39, 0.29) is 0 Å². The second-order valence-electron chi connectivity index (χ2n) is 9.05. The number of rotatable bonds is 12. The molecule has 2 aromatic carbocycles. The Bertz CT molecular complexity index is 830. The minimum atomic E-state index is 0.463. The normalized spacial score (nSPS) is 13.9. The molecule has 3 rings (SSSR count).